The predicted octanol–water partition coefficient (Wildman–Crippen LogP) is 3.84. The summed E-state index contributed by atoms with van der Waals surface area (Å²) in [6.07, 6.45) is 9.56. The number of guanidine groups is 1. The SMILES string of the molecule is CN=C(NCc1nc(C)c(C)s1)NC1CCCN(C2CCCCC2)C1.I. The lowest BCUT2D eigenvalue weighted by atomic mass is 9.92. The Morgan fingerprint density at radius 2 is 1.96 bits per heavy atom. The van der Waals surface area contributed by atoms with Crippen LogP contribution in [0, 0.1) is 13.8 Å². The van der Waals surface area contributed by atoms with Gasteiger partial charge in [0, 0.05) is 30.6 Å². The molecule has 0 bridgehead atoms. The van der Waals surface area contributed by atoms with Crippen LogP contribution in [0.1, 0.15) is 60.5 Å². The molecule has 0 radical (unpaired) electrons. The van der Waals surface area contributed by atoms with Gasteiger partial charge in [-0.1, -0.05) is 19.3 Å². The van der Waals surface area contributed by atoms with Crippen LogP contribution in [-0.2, 0) is 6.54 Å². The van der Waals surface area contributed by atoms with E-state index in [1.165, 1.54) is 56.4 Å². The van der Waals surface area contributed by atoms with Gasteiger partial charge in [-0.05, 0) is 46.1 Å². The maximum absolute atomic E-state index is 4.60. The summed E-state index contributed by atoms with van der Waals surface area (Å²) in [6.45, 7) is 7.38. The highest BCUT2D eigenvalue weighted by Crippen LogP contribution is 2.25. The third-order valence-electron chi connectivity index (χ3n) is 5.59. The lowest BCUT2D eigenvalue weighted by Gasteiger charge is -2.40. The van der Waals surface area contributed by atoms with Gasteiger partial charge in [0.2, 0.25) is 0 Å². The molecule has 1 aromatic rings. The molecule has 1 atom stereocenters. The van der Waals surface area contributed by atoms with E-state index in [2.05, 4.69) is 39.4 Å². The summed E-state index contributed by atoms with van der Waals surface area (Å²) in [5.41, 5.74) is 1.14. The molecule has 2 aliphatic rings. The molecule has 1 aliphatic heterocycles. The van der Waals surface area contributed by atoms with Gasteiger partial charge in [-0.3, -0.25) is 9.89 Å². The van der Waals surface area contributed by atoms with Crippen molar-refractivity contribution in [2.75, 3.05) is 20.1 Å². The number of hydrogen-bond donors (Lipinski definition) is 2. The lowest BCUT2D eigenvalue weighted by Crippen LogP contribution is -2.53. The second-order valence-electron chi connectivity index (χ2n) is 7.45. The van der Waals surface area contributed by atoms with Gasteiger partial charge in [-0.15, -0.1) is 35.3 Å². The van der Waals surface area contributed by atoms with Crippen molar-refractivity contribution in [1.29, 1.82) is 0 Å². The smallest absolute Gasteiger partial charge is 0.191 e. The average molecular weight is 491 g/mol. The molecule has 0 spiro atoms. The molecule has 1 unspecified atom stereocenters. The van der Waals surface area contributed by atoms with Crippen LogP contribution in [0.5, 0.6) is 0 Å². The van der Waals surface area contributed by atoms with Crippen molar-refractivity contribution in [3.63, 3.8) is 0 Å². The Hall–Kier alpha value is -0.410. The highest BCUT2D eigenvalue weighted by atomic mass is 127. The molecular formula is C19H34IN5S. The first-order chi connectivity index (χ1) is 12.2. The van der Waals surface area contributed by atoms with Gasteiger partial charge < -0.3 is 10.6 Å². The number of aliphatic imine (C=N–C) groups is 1. The topological polar surface area (TPSA) is 52.6 Å². The minimum atomic E-state index is 0. The zero-order chi connectivity index (χ0) is 17.6. The van der Waals surface area contributed by atoms with E-state index in [1.54, 1.807) is 11.3 Å². The predicted molar refractivity (Wildman–Crippen MR) is 122 cm³/mol. The average Bonchev–Trinajstić information content (AvgIpc) is 2.97. The Kier molecular flexibility index (Phi) is 9.09. The number of thiazole rings is 1. The molecule has 26 heavy (non-hydrogen) atoms. The lowest BCUT2D eigenvalue weighted by molar-refractivity contribution is 0.115. The number of nitrogens with one attached hydrogen (secondary N) is 2. The van der Waals surface area contributed by atoms with Gasteiger partial charge in [-0.2, -0.15) is 0 Å². The maximum atomic E-state index is 4.60. The maximum Gasteiger partial charge on any atom is 0.191 e. The quantitative estimate of drug-likeness (QED) is 0.382. The van der Waals surface area contributed by atoms with Crippen LogP contribution in [0.4, 0.5) is 0 Å². The first-order valence-corrected chi connectivity index (χ1v) is 10.6. The summed E-state index contributed by atoms with van der Waals surface area (Å²) in [5.74, 6) is 0.904. The van der Waals surface area contributed by atoms with Crippen LogP contribution in [0.2, 0.25) is 0 Å². The number of halogens is 1. The summed E-state index contributed by atoms with van der Waals surface area (Å²) in [7, 11) is 1.86. The number of hydrogen-bond acceptors (Lipinski definition) is 4. The molecule has 1 aromatic heterocycles. The molecule has 0 amide bonds. The fourth-order valence-corrected chi connectivity index (χ4v) is 4.94. The van der Waals surface area contributed by atoms with Crippen LogP contribution < -0.4 is 10.6 Å². The fraction of sp³-hybridized carbons (Fsp3) is 0.789. The van der Waals surface area contributed by atoms with Crippen LogP contribution in [0.3, 0.4) is 0 Å². The van der Waals surface area contributed by atoms with Crippen LogP contribution in [-0.4, -0.2) is 48.1 Å². The second kappa shape index (κ2) is 10.8. The highest BCUT2D eigenvalue weighted by Gasteiger charge is 2.27. The van der Waals surface area contributed by atoms with Crippen molar-refractivity contribution in [2.45, 2.75) is 77.4 Å². The molecule has 2 N–H and O–H groups in total. The first-order valence-electron chi connectivity index (χ1n) is 9.80. The first kappa shape index (κ1) is 21.9. The Morgan fingerprint density at radius 1 is 1.19 bits per heavy atom. The van der Waals surface area contributed by atoms with Crippen LogP contribution >= 0.6 is 35.3 Å². The van der Waals surface area contributed by atoms with E-state index in [0.717, 1.165) is 35.8 Å². The van der Waals surface area contributed by atoms with E-state index in [9.17, 15) is 0 Å². The summed E-state index contributed by atoms with van der Waals surface area (Å²) in [4.78, 5) is 13.0. The van der Waals surface area contributed by atoms with E-state index in [4.69, 9.17) is 0 Å². The Balaban J connectivity index is 0.00000243. The van der Waals surface area contributed by atoms with Gasteiger partial charge in [-0.25, -0.2) is 4.98 Å². The Morgan fingerprint density at radius 3 is 2.62 bits per heavy atom. The van der Waals surface area contributed by atoms with E-state index in [0.29, 0.717) is 6.04 Å². The number of nitrogens with zero attached hydrogens (tertiary/aromatic N) is 3. The normalized spacial score (nSPS) is 22.7. The monoisotopic (exact) mass is 491 g/mol. The van der Waals surface area contributed by atoms with E-state index < -0.39 is 0 Å². The standard InChI is InChI=1S/C19H33N5S.HI/c1-14-15(2)25-18(22-14)12-21-19(20-3)23-16-8-7-11-24(13-16)17-9-5-4-6-10-17;/h16-17H,4-13H2,1-3H3,(H2,20,21,23);1H. The molecule has 1 saturated carbocycles. The Labute approximate surface area is 179 Å². The molecule has 1 saturated heterocycles. The molecular weight excluding hydrogens is 457 g/mol. The highest BCUT2D eigenvalue weighted by molar-refractivity contribution is 14.0. The molecule has 7 heteroatoms. The summed E-state index contributed by atoms with van der Waals surface area (Å²) >= 11 is 1.77. The zero-order valence-corrected chi connectivity index (χ0v) is 19.5. The molecule has 3 rings (SSSR count). The van der Waals surface area contributed by atoms with Crippen molar-refractivity contribution < 1.29 is 0 Å². The van der Waals surface area contributed by atoms with Crippen molar-refractivity contribution in [3.8, 4) is 0 Å². The van der Waals surface area contributed by atoms with Crippen molar-refractivity contribution in [2.24, 2.45) is 4.99 Å². The zero-order valence-electron chi connectivity index (χ0n) is 16.4. The number of rotatable bonds is 4. The van der Waals surface area contributed by atoms with Crippen molar-refractivity contribution in [1.82, 2.24) is 20.5 Å². The summed E-state index contributed by atoms with van der Waals surface area (Å²) in [5, 5.41) is 8.21. The number of likely N-dealkylation sites (tertiary alicyclic amines) is 1. The molecule has 1 aliphatic carbocycles. The van der Waals surface area contributed by atoms with Gasteiger partial charge in [0.1, 0.15) is 5.01 Å². The fourth-order valence-electron chi connectivity index (χ4n) is 4.06. The van der Waals surface area contributed by atoms with E-state index in [-0.39, 0.29) is 24.0 Å². The van der Waals surface area contributed by atoms with Gasteiger partial charge in [0.25, 0.3) is 0 Å². The summed E-state index contributed by atoms with van der Waals surface area (Å²) < 4.78 is 0. The molecule has 148 valence electrons. The van der Waals surface area contributed by atoms with Crippen molar-refractivity contribution >= 4 is 41.3 Å². The number of aromatic nitrogens is 1. The third kappa shape index (κ3) is 6.05. The number of aryl methyl sites for hydroxylation is 2. The Bertz CT molecular complexity index is 563. The van der Waals surface area contributed by atoms with Gasteiger partial charge >= 0.3 is 0 Å². The van der Waals surface area contributed by atoms with Crippen LogP contribution in [0.25, 0.3) is 0 Å². The van der Waals surface area contributed by atoms with Gasteiger partial charge in [0.15, 0.2) is 5.96 Å². The van der Waals surface area contributed by atoms with Crippen LogP contribution in [0.15, 0.2) is 4.99 Å². The van der Waals surface area contributed by atoms with E-state index in [1.807, 2.05) is 7.05 Å². The van der Waals surface area contributed by atoms with E-state index >= 15 is 0 Å². The summed E-state index contributed by atoms with van der Waals surface area (Å²) in [6, 6.07) is 1.32. The molecule has 2 fully saturated rings. The minimum absolute atomic E-state index is 0. The molecule has 0 aromatic carbocycles. The van der Waals surface area contributed by atoms with Crippen molar-refractivity contribution in [3.05, 3.63) is 15.6 Å². The number of piperidine rings is 1. The third-order valence-corrected chi connectivity index (χ3v) is 6.66. The minimum Gasteiger partial charge on any atom is -0.352 e. The largest absolute Gasteiger partial charge is 0.352 e. The molecule has 5 nitrogen and oxygen atoms in total. The second-order valence-corrected chi connectivity index (χ2v) is 8.73. The molecule has 2 heterocycles. The van der Waals surface area contributed by atoms with Gasteiger partial charge in [0.05, 0.1) is 12.2 Å².